The fourth-order valence-corrected chi connectivity index (χ4v) is 2.17. The molecule has 0 amide bonds. The van der Waals surface area contributed by atoms with Gasteiger partial charge in [0.05, 0.1) is 6.04 Å². The van der Waals surface area contributed by atoms with Gasteiger partial charge in [0.1, 0.15) is 0 Å². The largest absolute Gasteiger partial charge is 0.406 e. The smallest absolute Gasteiger partial charge is 0.315 e. The van der Waals surface area contributed by atoms with Crippen LogP contribution in [0.15, 0.2) is 34.7 Å². The van der Waals surface area contributed by atoms with Crippen LogP contribution in [0.4, 0.5) is 6.01 Å². The first-order valence-corrected chi connectivity index (χ1v) is 6.60. The molecule has 0 aliphatic heterocycles. The number of hydrogen-bond acceptors (Lipinski definition) is 5. The van der Waals surface area contributed by atoms with E-state index in [0.29, 0.717) is 23.9 Å². The Morgan fingerprint density at radius 1 is 1.26 bits per heavy atom. The van der Waals surface area contributed by atoms with E-state index in [1.807, 2.05) is 20.0 Å². The molecule has 1 heterocycles. The summed E-state index contributed by atoms with van der Waals surface area (Å²) in [6.45, 7) is 1.99. The minimum absolute atomic E-state index is 0.0761. The van der Waals surface area contributed by atoms with Crippen molar-refractivity contribution in [3.8, 4) is 0 Å². The van der Waals surface area contributed by atoms with Crippen molar-refractivity contribution < 1.29 is 4.42 Å². The molecule has 1 aromatic carbocycles. The van der Waals surface area contributed by atoms with Gasteiger partial charge in [-0.25, -0.2) is 0 Å². The maximum absolute atomic E-state index is 5.58. The van der Waals surface area contributed by atoms with Crippen LogP contribution in [0.2, 0.25) is 0 Å². The van der Waals surface area contributed by atoms with Crippen molar-refractivity contribution in [2.24, 2.45) is 0 Å². The van der Waals surface area contributed by atoms with E-state index in [9.17, 15) is 0 Å². The summed E-state index contributed by atoms with van der Waals surface area (Å²) in [5.74, 6) is 1.17. The Morgan fingerprint density at radius 3 is 2.79 bits per heavy atom. The summed E-state index contributed by atoms with van der Waals surface area (Å²) in [4.78, 5) is 0. The van der Waals surface area contributed by atoms with E-state index in [1.54, 1.807) is 0 Å². The first-order valence-electron chi connectivity index (χ1n) is 6.60. The third-order valence-corrected chi connectivity index (χ3v) is 3.57. The van der Waals surface area contributed by atoms with E-state index < -0.39 is 0 Å². The minimum Gasteiger partial charge on any atom is -0.406 e. The second-order valence-corrected chi connectivity index (χ2v) is 4.96. The molecule has 5 heteroatoms. The van der Waals surface area contributed by atoms with Crippen LogP contribution in [-0.2, 0) is 0 Å². The zero-order chi connectivity index (χ0) is 13.2. The maximum Gasteiger partial charge on any atom is 0.315 e. The van der Waals surface area contributed by atoms with Crippen LogP contribution in [0.25, 0.3) is 0 Å². The topological polar surface area (TPSA) is 63.0 Å². The molecule has 0 saturated heterocycles. The molecule has 19 heavy (non-hydrogen) atoms. The van der Waals surface area contributed by atoms with Gasteiger partial charge in [0.25, 0.3) is 0 Å². The Labute approximate surface area is 112 Å². The second-order valence-electron chi connectivity index (χ2n) is 4.96. The summed E-state index contributed by atoms with van der Waals surface area (Å²) in [5.41, 5.74) is 1.36. The van der Waals surface area contributed by atoms with E-state index in [-0.39, 0.29) is 6.04 Å². The molecule has 2 N–H and O–H groups in total. The van der Waals surface area contributed by atoms with E-state index >= 15 is 0 Å². The van der Waals surface area contributed by atoms with Crippen molar-refractivity contribution in [1.82, 2.24) is 15.5 Å². The highest BCUT2D eigenvalue weighted by molar-refractivity contribution is 5.35. The summed E-state index contributed by atoms with van der Waals surface area (Å²) in [5, 5.41) is 14.4. The Bertz CT molecular complexity index is 539. The maximum atomic E-state index is 5.58. The van der Waals surface area contributed by atoms with Crippen LogP contribution >= 0.6 is 0 Å². The Kier molecular flexibility index (Phi) is 3.21. The minimum atomic E-state index is 0.0761. The van der Waals surface area contributed by atoms with Gasteiger partial charge in [0.2, 0.25) is 5.89 Å². The van der Waals surface area contributed by atoms with Crippen LogP contribution in [0.5, 0.6) is 0 Å². The van der Waals surface area contributed by atoms with Crippen molar-refractivity contribution in [1.29, 1.82) is 0 Å². The fraction of sp³-hybridized carbons (Fsp3) is 0.429. The van der Waals surface area contributed by atoms with Gasteiger partial charge in [0.15, 0.2) is 0 Å². The molecule has 0 bridgehead atoms. The number of nitrogens with zero attached hydrogens (tertiary/aromatic N) is 2. The van der Waals surface area contributed by atoms with Crippen molar-refractivity contribution in [2.45, 2.75) is 31.3 Å². The molecule has 100 valence electrons. The number of nitrogens with one attached hydrogen (secondary N) is 2. The van der Waals surface area contributed by atoms with Crippen LogP contribution in [0.1, 0.15) is 36.8 Å². The van der Waals surface area contributed by atoms with Gasteiger partial charge in [-0.05, 0) is 26.0 Å². The highest BCUT2D eigenvalue weighted by Gasteiger charge is 2.39. The number of aromatic nitrogens is 2. The molecular formula is C14H18N4O. The molecule has 1 aliphatic carbocycles. The number of rotatable bonds is 5. The van der Waals surface area contributed by atoms with Gasteiger partial charge in [0, 0.05) is 12.0 Å². The average Bonchev–Trinajstić information content (AvgIpc) is 3.06. The van der Waals surface area contributed by atoms with Gasteiger partial charge >= 0.3 is 6.01 Å². The predicted octanol–water partition coefficient (Wildman–Crippen LogP) is 2.32. The zero-order valence-corrected chi connectivity index (χ0v) is 11.1. The van der Waals surface area contributed by atoms with Crippen LogP contribution in [0.3, 0.4) is 0 Å². The van der Waals surface area contributed by atoms with Crippen LogP contribution in [0, 0.1) is 0 Å². The van der Waals surface area contributed by atoms with Gasteiger partial charge in [-0.2, -0.15) is 0 Å². The third kappa shape index (κ3) is 2.61. The average molecular weight is 258 g/mol. The molecule has 3 atom stereocenters. The highest BCUT2D eigenvalue weighted by Crippen LogP contribution is 2.42. The first kappa shape index (κ1) is 12.2. The second kappa shape index (κ2) is 5.01. The lowest BCUT2D eigenvalue weighted by atomic mass is 10.1. The lowest BCUT2D eigenvalue weighted by Gasteiger charge is -2.03. The Balaban J connectivity index is 1.60. The fourth-order valence-electron chi connectivity index (χ4n) is 2.17. The lowest BCUT2D eigenvalue weighted by molar-refractivity contribution is 0.441. The molecule has 0 radical (unpaired) electrons. The molecule has 2 aromatic rings. The van der Waals surface area contributed by atoms with Crippen LogP contribution in [-0.4, -0.2) is 23.3 Å². The molecular weight excluding hydrogens is 240 g/mol. The SMILES string of the molecule is CNC(C)c1nnc(NC2CC2c2ccccc2)o1. The molecule has 5 nitrogen and oxygen atoms in total. The zero-order valence-electron chi connectivity index (χ0n) is 11.1. The Hall–Kier alpha value is -1.88. The van der Waals surface area contributed by atoms with E-state index in [1.165, 1.54) is 5.56 Å². The quantitative estimate of drug-likeness (QED) is 0.861. The Morgan fingerprint density at radius 2 is 2.05 bits per heavy atom. The van der Waals surface area contributed by atoms with E-state index in [0.717, 1.165) is 6.42 Å². The molecule has 1 fully saturated rings. The normalized spacial score (nSPS) is 23.1. The highest BCUT2D eigenvalue weighted by atomic mass is 16.4. The number of anilines is 1. The predicted molar refractivity (Wildman–Crippen MR) is 73.0 cm³/mol. The standard InChI is InChI=1S/C14H18N4O/c1-9(15-2)13-17-18-14(19-13)16-12-8-11(12)10-6-4-3-5-7-10/h3-7,9,11-12,15H,8H2,1-2H3,(H,16,18). The van der Waals surface area contributed by atoms with Gasteiger partial charge in [-0.3, -0.25) is 0 Å². The summed E-state index contributed by atoms with van der Waals surface area (Å²) in [6.07, 6.45) is 1.11. The van der Waals surface area contributed by atoms with Gasteiger partial charge < -0.3 is 15.1 Å². The van der Waals surface area contributed by atoms with Crippen molar-refractivity contribution in [3.05, 3.63) is 41.8 Å². The van der Waals surface area contributed by atoms with Gasteiger partial charge in [-0.15, -0.1) is 5.10 Å². The first-order chi connectivity index (χ1) is 9.28. The third-order valence-electron chi connectivity index (χ3n) is 3.57. The lowest BCUT2D eigenvalue weighted by Crippen LogP contribution is -2.12. The summed E-state index contributed by atoms with van der Waals surface area (Å²) in [7, 11) is 1.87. The number of benzene rings is 1. The summed E-state index contributed by atoms with van der Waals surface area (Å²) < 4.78 is 5.58. The molecule has 3 rings (SSSR count). The molecule has 3 unspecified atom stereocenters. The van der Waals surface area contributed by atoms with Crippen molar-refractivity contribution in [3.63, 3.8) is 0 Å². The molecule has 1 saturated carbocycles. The summed E-state index contributed by atoms with van der Waals surface area (Å²) in [6, 6.07) is 11.5. The van der Waals surface area contributed by atoms with E-state index in [4.69, 9.17) is 4.42 Å². The molecule has 1 aromatic heterocycles. The monoisotopic (exact) mass is 258 g/mol. The van der Waals surface area contributed by atoms with Crippen molar-refractivity contribution in [2.75, 3.05) is 12.4 Å². The van der Waals surface area contributed by atoms with E-state index in [2.05, 4.69) is 45.1 Å². The summed E-state index contributed by atoms with van der Waals surface area (Å²) >= 11 is 0. The van der Waals surface area contributed by atoms with Crippen LogP contribution < -0.4 is 10.6 Å². The number of hydrogen-bond donors (Lipinski definition) is 2. The molecule has 1 aliphatic rings. The molecule has 0 spiro atoms. The van der Waals surface area contributed by atoms with Crippen molar-refractivity contribution >= 4 is 6.01 Å². The van der Waals surface area contributed by atoms with Gasteiger partial charge in [-0.1, -0.05) is 35.4 Å².